The van der Waals surface area contributed by atoms with Gasteiger partial charge in [0.05, 0.1) is 28.5 Å². The number of fused-ring (bicyclic) bond motifs is 1. The minimum Gasteiger partial charge on any atom is -0.377 e. The van der Waals surface area contributed by atoms with Crippen molar-refractivity contribution in [3.05, 3.63) is 76.3 Å². The van der Waals surface area contributed by atoms with Crippen LogP contribution in [0.2, 0.25) is 0 Å². The molecular weight excluding hydrogens is 448 g/mol. The van der Waals surface area contributed by atoms with Crippen molar-refractivity contribution in [2.45, 2.75) is 43.7 Å². The summed E-state index contributed by atoms with van der Waals surface area (Å²) in [5, 5.41) is 9.35. The smallest absolute Gasteiger partial charge is 0.258 e. The van der Waals surface area contributed by atoms with Gasteiger partial charge in [0.1, 0.15) is 0 Å². The third kappa shape index (κ3) is 4.03. The molecule has 0 radical (unpaired) electrons. The van der Waals surface area contributed by atoms with Gasteiger partial charge in [0.2, 0.25) is 0 Å². The summed E-state index contributed by atoms with van der Waals surface area (Å²) in [6.45, 7) is 3.95. The molecule has 1 fully saturated rings. The molecule has 1 aliphatic rings. The molecule has 0 amide bonds. The Morgan fingerprint density at radius 2 is 1.85 bits per heavy atom. The van der Waals surface area contributed by atoms with Crippen molar-refractivity contribution in [2.24, 2.45) is 7.05 Å². The molecule has 5 rings (SSSR count). The number of nitrogens with zero attached hydrogens (tertiary/aromatic N) is 3. The Bertz CT molecular complexity index is 1580. The van der Waals surface area contributed by atoms with E-state index in [0.29, 0.717) is 17.1 Å². The van der Waals surface area contributed by atoms with Crippen molar-refractivity contribution in [1.82, 2.24) is 14.3 Å². The Balaban J connectivity index is 1.64. The lowest BCUT2D eigenvalue weighted by Gasteiger charge is -2.21. The Kier molecular flexibility index (Phi) is 5.36. The minimum atomic E-state index is -3.39. The van der Waals surface area contributed by atoms with E-state index >= 15 is 0 Å². The van der Waals surface area contributed by atoms with Gasteiger partial charge in [-0.2, -0.15) is 5.10 Å². The maximum absolute atomic E-state index is 13.4. The number of nitrogens with one attached hydrogen (secondary N) is 1. The Morgan fingerprint density at radius 3 is 2.56 bits per heavy atom. The summed E-state index contributed by atoms with van der Waals surface area (Å²) < 4.78 is 28.2. The molecule has 0 aliphatic heterocycles. The second-order valence-corrected chi connectivity index (χ2v) is 11.3. The van der Waals surface area contributed by atoms with Crippen molar-refractivity contribution in [3.63, 3.8) is 0 Å². The molecule has 1 saturated carbocycles. The van der Waals surface area contributed by atoms with E-state index in [-0.39, 0.29) is 16.5 Å². The average molecular weight is 477 g/mol. The fourth-order valence-electron chi connectivity index (χ4n) is 4.55. The number of hydrogen-bond donors (Lipinski definition) is 1. The number of benzene rings is 2. The highest BCUT2D eigenvalue weighted by Gasteiger charge is 2.25. The van der Waals surface area contributed by atoms with E-state index in [1.165, 1.54) is 6.26 Å². The molecule has 34 heavy (non-hydrogen) atoms. The molecule has 2 heterocycles. The number of pyridine rings is 1. The lowest BCUT2D eigenvalue weighted by atomic mass is 9.96. The van der Waals surface area contributed by atoms with Gasteiger partial charge in [0.15, 0.2) is 9.84 Å². The largest absolute Gasteiger partial charge is 0.377 e. The first kappa shape index (κ1) is 22.4. The predicted octanol–water partition coefficient (Wildman–Crippen LogP) is 4.62. The number of anilines is 1. The first-order valence-corrected chi connectivity index (χ1v) is 13.3. The molecule has 4 aromatic rings. The molecule has 0 bridgehead atoms. The summed E-state index contributed by atoms with van der Waals surface area (Å²) in [5.41, 5.74) is 4.09. The van der Waals surface area contributed by atoms with E-state index < -0.39 is 9.84 Å². The molecule has 0 saturated heterocycles. The number of para-hydroxylation sites is 1. The van der Waals surface area contributed by atoms with Gasteiger partial charge in [-0.3, -0.25) is 9.48 Å². The van der Waals surface area contributed by atoms with Crippen LogP contribution in [0.15, 0.2) is 64.5 Å². The molecule has 2 aromatic carbocycles. The van der Waals surface area contributed by atoms with Crippen LogP contribution < -0.4 is 10.9 Å². The molecular formula is C26H28N4O3S. The SMILES string of the molecule is Cc1cc([C@@H](C)Nc2ccccc2S(C)(=O)=O)c2cc(-c3cnn(C4CC4)c3)n(C)c(=O)c2c1. The molecule has 0 unspecified atom stereocenters. The van der Waals surface area contributed by atoms with Crippen molar-refractivity contribution in [2.75, 3.05) is 11.6 Å². The van der Waals surface area contributed by atoms with E-state index in [2.05, 4.69) is 16.5 Å². The molecule has 1 N–H and O–H groups in total. The quantitative estimate of drug-likeness (QED) is 0.439. The van der Waals surface area contributed by atoms with Crippen molar-refractivity contribution in [3.8, 4) is 11.3 Å². The Morgan fingerprint density at radius 1 is 1.12 bits per heavy atom. The highest BCUT2D eigenvalue weighted by atomic mass is 32.2. The number of rotatable bonds is 6. The van der Waals surface area contributed by atoms with Gasteiger partial charge < -0.3 is 9.88 Å². The highest BCUT2D eigenvalue weighted by Crippen LogP contribution is 2.36. The van der Waals surface area contributed by atoms with E-state index in [4.69, 9.17) is 0 Å². The summed E-state index contributed by atoms with van der Waals surface area (Å²) in [4.78, 5) is 13.6. The predicted molar refractivity (Wildman–Crippen MR) is 135 cm³/mol. The Labute approximate surface area is 199 Å². The minimum absolute atomic E-state index is 0.0691. The summed E-state index contributed by atoms with van der Waals surface area (Å²) in [6.07, 6.45) is 7.31. The zero-order valence-corrected chi connectivity index (χ0v) is 20.6. The molecule has 1 atom stereocenters. The summed E-state index contributed by atoms with van der Waals surface area (Å²) in [5.74, 6) is 0. The molecule has 8 heteroatoms. The van der Waals surface area contributed by atoms with Crippen LogP contribution in [0.5, 0.6) is 0 Å². The van der Waals surface area contributed by atoms with E-state index in [1.807, 2.05) is 49.1 Å². The van der Waals surface area contributed by atoms with Crippen molar-refractivity contribution in [1.29, 1.82) is 0 Å². The van der Waals surface area contributed by atoms with Gasteiger partial charge in [-0.15, -0.1) is 0 Å². The third-order valence-corrected chi connectivity index (χ3v) is 7.63. The molecule has 7 nitrogen and oxygen atoms in total. The van der Waals surface area contributed by atoms with Crippen LogP contribution >= 0.6 is 0 Å². The van der Waals surface area contributed by atoms with Gasteiger partial charge in [-0.05, 0) is 67.5 Å². The zero-order valence-electron chi connectivity index (χ0n) is 19.7. The van der Waals surface area contributed by atoms with Gasteiger partial charge in [-0.1, -0.05) is 18.2 Å². The number of aromatic nitrogens is 3. The van der Waals surface area contributed by atoms with Crippen molar-refractivity contribution >= 4 is 26.3 Å². The van der Waals surface area contributed by atoms with Crippen LogP contribution in [0.25, 0.3) is 22.0 Å². The van der Waals surface area contributed by atoms with Crippen molar-refractivity contribution < 1.29 is 8.42 Å². The molecule has 2 aromatic heterocycles. The number of sulfone groups is 1. The summed E-state index contributed by atoms with van der Waals surface area (Å²) in [6, 6.07) is 13.1. The fourth-order valence-corrected chi connectivity index (χ4v) is 5.40. The topological polar surface area (TPSA) is 86.0 Å². The fraction of sp³-hybridized carbons (Fsp3) is 0.308. The van der Waals surface area contributed by atoms with Gasteiger partial charge >= 0.3 is 0 Å². The molecule has 1 aliphatic carbocycles. The molecule has 176 valence electrons. The van der Waals surface area contributed by atoms with Gasteiger partial charge in [0.25, 0.3) is 5.56 Å². The van der Waals surface area contributed by atoms with Gasteiger partial charge in [-0.25, -0.2) is 8.42 Å². The summed E-state index contributed by atoms with van der Waals surface area (Å²) in [7, 11) is -1.60. The third-order valence-electron chi connectivity index (χ3n) is 6.48. The lowest BCUT2D eigenvalue weighted by Crippen LogP contribution is -2.20. The summed E-state index contributed by atoms with van der Waals surface area (Å²) >= 11 is 0. The van der Waals surface area contributed by atoms with Crippen LogP contribution in [0.3, 0.4) is 0 Å². The maximum atomic E-state index is 13.4. The normalized spacial score (nSPS) is 14.9. The van der Waals surface area contributed by atoms with Crippen LogP contribution in [0, 0.1) is 6.92 Å². The molecule has 0 spiro atoms. The van der Waals surface area contributed by atoms with E-state index in [1.54, 1.807) is 29.8 Å². The van der Waals surface area contributed by atoms with E-state index in [0.717, 1.165) is 40.6 Å². The maximum Gasteiger partial charge on any atom is 0.258 e. The van der Waals surface area contributed by atoms with E-state index in [9.17, 15) is 13.2 Å². The number of aryl methyl sites for hydroxylation is 1. The second kappa shape index (κ2) is 8.13. The van der Waals surface area contributed by atoms with Gasteiger partial charge in [0, 0.05) is 36.5 Å². The van der Waals surface area contributed by atoms with Crippen LogP contribution in [-0.2, 0) is 16.9 Å². The first-order valence-electron chi connectivity index (χ1n) is 11.4. The van der Waals surface area contributed by atoms with Crippen LogP contribution in [0.1, 0.15) is 43.0 Å². The second-order valence-electron chi connectivity index (χ2n) is 9.28. The first-order chi connectivity index (χ1) is 16.1. The monoisotopic (exact) mass is 476 g/mol. The zero-order chi connectivity index (χ0) is 24.2. The average Bonchev–Trinajstić information content (AvgIpc) is 3.52. The Hall–Kier alpha value is -3.39. The highest BCUT2D eigenvalue weighted by molar-refractivity contribution is 7.90. The lowest BCUT2D eigenvalue weighted by molar-refractivity contribution is 0.602. The van der Waals surface area contributed by atoms with Crippen LogP contribution in [0.4, 0.5) is 5.69 Å². The number of hydrogen-bond acceptors (Lipinski definition) is 5. The standard InChI is InChI=1S/C26H28N4O3S/c1-16-11-20(17(2)28-23-7-5-6-8-25(23)34(4,32)33)21-13-24(29(3)26(31)22(21)12-16)18-14-27-30(15-18)19-9-10-19/h5-8,11-15,17,19,28H,9-10H2,1-4H3/t17-/m1/s1. The van der Waals surface area contributed by atoms with Crippen LogP contribution in [-0.4, -0.2) is 29.0 Å².